The lowest BCUT2D eigenvalue weighted by atomic mass is 9.92. The minimum Gasteiger partial charge on any atom is -0.508 e. The number of carbonyl (C=O) groups excluding carboxylic acids is 1. The molecule has 0 saturated heterocycles. The summed E-state index contributed by atoms with van der Waals surface area (Å²) in [4.78, 5) is 14.8. The molecule has 1 heterocycles. The van der Waals surface area contributed by atoms with Crippen LogP contribution in [0.4, 0.5) is 5.69 Å². The van der Waals surface area contributed by atoms with Crippen LogP contribution in [0.2, 0.25) is 0 Å². The first kappa shape index (κ1) is 21.4. The third-order valence-corrected chi connectivity index (χ3v) is 5.44. The smallest absolute Gasteiger partial charge is 0.261 e. The van der Waals surface area contributed by atoms with Gasteiger partial charge in [0.1, 0.15) is 17.4 Å². The van der Waals surface area contributed by atoms with Crippen molar-refractivity contribution < 1.29 is 9.90 Å². The van der Waals surface area contributed by atoms with E-state index in [2.05, 4.69) is 42.4 Å². The van der Waals surface area contributed by atoms with E-state index in [1.165, 1.54) is 16.8 Å². The Morgan fingerprint density at radius 2 is 2.03 bits per heavy atom. The molecule has 1 amide bonds. The van der Waals surface area contributed by atoms with Crippen LogP contribution in [0.1, 0.15) is 42.0 Å². The van der Waals surface area contributed by atoms with Gasteiger partial charge < -0.3 is 15.3 Å². The molecule has 0 fully saturated rings. The van der Waals surface area contributed by atoms with E-state index in [-0.39, 0.29) is 17.2 Å². The van der Waals surface area contributed by atoms with Crippen molar-refractivity contribution in [3.63, 3.8) is 0 Å². The van der Waals surface area contributed by atoms with Gasteiger partial charge in [0.2, 0.25) is 0 Å². The van der Waals surface area contributed by atoms with Crippen LogP contribution in [0.15, 0.2) is 42.0 Å². The van der Waals surface area contributed by atoms with Crippen molar-refractivity contribution in [2.24, 2.45) is 0 Å². The van der Waals surface area contributed by atoms with E-state index in [4.69, 9.17) is 0 Å². The standard InChI is InChI=1S/C25H29N3O2/c1-3-5-20-14-19(15-21-6-4-13-28(2)24(20)21)16-22(17-26)25(30)27-12-11-18-7-9-23(29)10-8-18/h7-10,14-16,29H,3-6,11-13H2,1-2H3,(H,27,30)/b22-16+. The van der Waals surface area contributed by atoms with E-state index in [0.29, 0.717) is 13.0 Å². The number of phenolic OH excluding ortho intramolecular Hbond substituents is 1. The second-order valence-corrected chi connectivity index (χ2v) is 7.81. The molecule has 1 aliphatic rings. The van der Waals surface area contributed by atoms with Crippen LogP contribution in [0.3, 0.4) is 0 Å². The third kappa shape index (κ3) is 5.21. The normalized spacial score (nSPS) is 13.5. The van der Waals surface area contributed by atoms with Gasteiger partial charge in [-0.2, -0.15) is 5.26 Å². The Morgan fingerprint density at radius 1 is 1.27 bits per heavy atom. The van der Waals surface area contributed by atoms with Crippen molar-refractivity contribution in [1.82, 2.24) is 5.32 Å². The molecule has 0 spiro atoms. The molecule has 0 aromatic heterocycles. The van der Waals surface area contributed by atoms with Gasteiger partial charge in [0, 0.05) is 25.8 Å². The summed E-state index contributed by atoms with van der Waals surface area (Å²) in [7, 11) is 2.13. The first-order chi connectivity index (χ1) is 14.5. The summed E-state index contributed by atoms with van der Waals surface area (Å²) in [6.45, 7) is 3.66. The summed E-state index contributed by atoms with van der Waals surface area (Å²) in [6.07, 6.45) is 6.51. The van der Waals surface area contributed by atoms with E-state index in [1.807, 2.05) is 12.1 Å². The molecule has 0 saturated carbocycles. The molecule has 156 valence electrons. The van der Waals surface area contributed by atoms with Crippen molar-refractivity contribution in [3.05, 3.63) is 64.2 Å². The van der Waals surface area contributed by atoms with Gasteiger partial charge in [0.25, 0.3) is 5.91 Å². The van der Waals surface area contributed by atoms with Gasteiger partial charge in [-0.25, -0.2) is 0 Å². The summed E-state index contributed by atoms with van der Waals surface area (Å²) in [5, 5.41) is 21.7. The lowest BCUT2D eigenvalue weighted by molar-refractivity contribution is -0.117. The van der Waals surface area contributed by atoms with Crippen LogP contribution >= 0.6 is 0 Å². The zero-order valence-corrected chi connectivity index (χ0v) is 17.7. The number of fused-ring (bicyclic) bond motifs is 1. The Kier molecular flexibility index (Phi) is 7.13. The molecule has 5 heteroatoms. The average Bonchev–Trinajstić information content (AvgIpc) is 2.73. The fourth-order valence-corrected chi connectivity index (χ4v) is 4.02. The summed E-state index contributed by atoms with van der Waals surface area (Å²) >= 11 is 0. The highest BCUT2D eigenvalue weighted by atomic mass is 16.3. The predicted octanol–water partition coefficient (Wildman–Crippen LogP) is 3.99. The molecule has 0 atom stereocenters. The Bertz CT molecular complexity index is 971. The number of phenols is 1. The number of benzene rings is 2. The number of aryl methyl sites for hydroxylation is 2. The number of carbonyl (C=O) groups is 1. The van der Waals surface area contributed by atoms with E-state index < -0.39 is 0 Å². The van der Waals surface area contributed by atoms with Crippen molar-refractivity contribution in [3.8, 4) is 11.8 Å². The molecule has 5 nitrogen and oxygen atoms in total. The Labute approximate surface area is 178 Å². The van der Waals surface area contributed by atoms with Crippen LogP contribution in [-0.4, -0.2) is 31.2 Å². The Hall–Kier alpha value is -3.26. The average molecular weight is 404 g/mol. The fourth-order valence-electron chi connectivity index (χ4n) is 4.02. The molecular formula is C25H29N3O2. The maximum absolute atomic E-state index is 12.5. The lowest BCUT2D eigenvalue weighted by Crippen LogP contribution is -2.27. The topological polar surface area (TPSA) is 76.4 Å². The minimum atomic E-state index is -0.358. The maximum atomic E-state index is 12.5. The lowest BCUT2D eigenvalue weighted by Gasteiger charge is -2.30. The number of rotatable bonds is 7. The van der Waals surface area contributed by atoms with Gasteiger partial charge in [-0.05, 0) is 78.3 Å². The van der Waals surface area contributed by atoms with Crippen molar-refractivity contribution >= 4 is 17.7 Å². The molecule has 0 unspecified atom stereocenters. The second kappa shape index (κ2) is 9.98. The number of nitrogens with zero attached hydrogens (tertiary/aromatic N) is 2. The molecular weight excluding hydrogens is 374 g/mol. The molecule has 0 radical (unpaired) electrons. The predicted molar refractivity (Wildman–Crippen MR) is 120 cm³/mol. The zero-order chi connectivity index (χ0) is 21.5. The van der Waals surface area contributed by atoms with Crippen LogP contribution < -0.4 is 10.2 Å². The first-order valence-electron chi connectivity index (χ1n) is 10.6. The summed E-state index contributed by atoms with van der Waals surface area (Å²) in [5.74, 6) is -0.140. The number of hydrogen-bond acceptors (Lipinski definition) is 4. The van der Waals surface area contributed by atoms with Gasteiger partial charge in [-0.15, -0.1) is 0 Å². The number of nitriles is 1. The van der Waals surface area contributed by atoms with Crippen molar-refractivity contribution in [1.29, 1.82) is 5.26 Å². The van der Waals surface area contributed by atoms with Crippen LogP contribution in [0, 0.1) is 11.3 Å². The highest BCUT2D eigenvalue weighted by Gasteiger charge is 2.18. The molecule has 0 aliphatic carbocycles. The van der Waals surface area contributed by atoms with Gasteiger partial charge >= 0.3 is 0 Å². The second-order valence-electron chi connectivity index (χ2n) is 7.81. The van der Waals surface area contributed by atoms with Crippen LogP contribution in [0.25, 0.3) is 6.08 Å². The molecule has 1 aliphatic heterocycles. The highest BCUT2D eigenvalue weighted by Crippen LogP contribution is 2.33. The Balaban J connectivity index is 1.74. The van der Waals surface area contributed by atoms with Crippen LogP contribution in [0.5, 0.6) is 5.75 Å². The van der Waals surface area contributed by atoms with Gasteiger partial charge in [-0.3, -0.25) is 4.79 Å². The molecule has 2 aromatic carbocycles. The number of anilines is 1. The number of hydrogen-bond donors (Lipinski definition) is 2. The number of aromatic hydroxyl groups is 1. The van der Waals surface area contributed by atoms with E-state index in [0.717, 1.165) is 43.4 Å². The molecule has 0 bridgehead atoms. The van der Waals surface area contributed by atoms with E-state index in [9.17, 15) is 15.2 Å². The summed E-state index contributed by atoms with van der Waals surface area (Å²) < 4.78 is 0. The quantitative estimate of drug-likeness (QED) is 0.541. The SMILES string of the molecule is CCCc1cc(/C=C(\C#N)C(=O)NCCc2ccc(O)cc2)cc2c1N(C)CCC2. The van der Waals surface area contributed by atoms with Crippen molar-refractivity contribution in [2.75, 3.05) is 25.0 Å². The van der Waals surface area contributed by atoms with E-state index >= 15 is 0 Å². The minimum absolute atomic E-state index is 0.118. The van der Waals surface area contributed by atoms with Crippen LogP contribution in [-0.2, 0) is 24.1 Å². The van der Waals surface area contributed by atoms with E-state index in [1.54, 1.807) is 18.2 Å². The zero-order valence-electron chi connectivity index (χ0n) is 17.7. The third-order valence-electron chi connectivity index (χ3n) is 5.44. The monoisotopic (exact) mass is 403 g/mol. The highest BCUT2D eigenvalue weighted by molar-refractivity contribution is 6.01. The first-order valence-corrected chi connectivity index (χ1v) is 10.6. The maximum Gasteiger partial charge on any atom is 0.261 e. The fraction of sp³-hybridized carbons (Fsp3) is 0.360. The van der Waals surface area contributed by atoms with Gasteiger partial charge in [0.15, 0.2) is 0 Å². The molecule has 30 heavy (non-hydrogen) atoms. The molecule has 3 rings (SSSR count). The Morgan fingerprint density at radius 3 is 2.73 bits per heavy atom. The summed E-state index contributed by atoms with van der Waals surface area (Å²) in [5.41, 5.74) is 5.94. The number of amides is 1. The number of nitrogens with one attached hydrogen (secondary N) is 1. The largest absolute Gasteiger partial charge is 0.508 e. The molecule has 2 aromatic rings. The molecule has 2 N–H and O–H groups in total. The van der Waals surface area contributed by atoms with Crippen molar-refractivity contribution in [2.45, 2.75) is 39.0 Å². The van der Waals surface area contributed by atoms with Gasteiger partial charge in [-0.1, -0.05) is 25.5 Å². The summed E-state index contributed by atoms with van der Waals surface area (Å²) in [6, 6.07) is 13.2. The van der Waals surface area contributed by atoms with Gasteiger partial charge in [0.05, 0.1) is 0 Å².